The first kappa shape index (κ1) is 12.9. The van der Waals surface area contributed by atoms with Crippen LogP contribution in [0.15, 0.2) is 9.53 Å². The number of aromatic nitrogens is 4. The van der Waals surface area contributed by atoms with Gasteiger partial charge in [-0.2, -0.15) is 4.98 Å². The van der Waals surface area contributed by atoms with Gasteiger partial charge in [0, 0.05) is 7.05 Å². The summed E-state index contributed by atoms with van der Waals surface area (Å²) in [5.74, 6) is 5.86. The van der Waals surface area contributed by atoms with E-state index in [2.05, 4.69) is 37.7 Å². The first-order valence-corrected chi connectivity index (χ1v) is 6.66. The minimum Gasteiger partial charge on any atom is -0.291 e. The lowest BCUT2D eigenvalue weighted by atomic mass is 10.5. The predicted octanol–water partition coefficient (Wildman–Crippen LogP) is 0.355. The molecule has 2 aromatic heterocycles. The van der Waals surface area contributed by atoms with Crippen LogP contribution in [-0.2, 0) is 17.9 Å². The molecular weight excluding hydrogens is 326 g/mol. The molecule has 0 bridgehead atoms. The van der Waals surface area contributed by atoms with Crippen LogP contribution in [0.25, 0.3) is 11.2 Å². The van der Waals surface area contributed by atoms with Gasteiger partial charge in [-0.05, 0) is 22.9 Å². The van der Waals surface area contributed by atoms with Gasteiger partial charge in [0.1, 0.15) is 6.54 Å². The Morgan fingerprint density at radius 2 is 2.10 bits per heavy atom. The number of carbonyl (C=O) groups is 1. The quantitative estimate of drug-likeness (QED) is 0.557. The average molecular weight is 336 g/mol. The second-order valence-corrected chi connectivity index (χ2v) is 5.03. The Labute approximate surface area is 122 Å². The Morgan fingerprint density at radius 3 is 2.80 bits per heavy atom. The van der Waals surface area contributed by atoms with Crippen LogP contribution in [0, 0.1) is 11.8 Å². The Balaban J connectivity index is 2.33. The molecule has 0 aromatic carbocycles. The van der Waals surface area contributed by atoms with Gasteiger partial charge in [-0.15, -0.1) is 5.92 Å². The zero-order chi connectivity index (χ0) is 14.4. The van der Waals surface area contributed by atoms with E-state index in [1.807, 2.05) is 0 Å². The van der Waals surface area contributed by atoms with Crippen molar-refractivity contribution in [1.29, 1.82) is 0 Å². The summed E-state index contributed by atoms with van der Waals surface area (Å²) < 4.78 is 3.53. The van der Waals surface area contributed by atoms with Gasteiger partial charge in [0.15, 0.2) is 15.9 Å². The maximum absolute atomic E-state index is 12.4. The van der Waals surface area contributed by atoms with E-state index in [1.54, 1.807) is 18.5 Å². The molecule has 0 radical (unpaired) electrons. The topological polar surface area (TPSA) is 73.0 Å². The summed E-state index contributed by atoms with van der Waals surface area (Å²) in [6.07, 6.45) is 0. The number of fused-ring (bicyclic) bond motifs is 2. The fraction of sp³-hybridized carbons (Fsp3) is 0.333. The summed E-state index contributed by atoms with van der Waals surface area (Å²) in [6.45, 7) is 2.12. The molecule has 0 aliphatic carbocycles. The lowest BCUT2D eigenvalue weighted by molar-refractivity contribution is -0.117. The number of nitrogens with zero attached hydrogens (tertiary/aromatic N) is 5. The summed E-state index contributed by atoms with van der Waals surface area (Å²) in [7, 11) is 1.60. The zero-order valence-corrected chi connectivity index (χ0v) is 12.4. The highest BCUT2D eigenvalue weighted by molar-refractivity contribution is 9.10. The first-order valence-electron chi connectivity index (χ1n) is 5.87. The van der Waals surface area contributed by atoms with E-state index in [4.69, 9.17) is 0 Å². The fourth-order valence-corrected chi connectivity index (χ4v) is 2.57. The summed E-state index contributed by atoms with van der Waals surface area (Å²) >= 11 is 3.31. The van der Waals surface area contributed by atoms with Crippen LogP contribution >= 0.6 is 15.9 Å². The smallest absolute Gasteiger partial charge is 0.283 e. The molecule has 1 aliphatic rings. The van der Waals surface area contributed by atoms with Gasteiger partial charge < -0.3 is 0 Å². The molecule has 1 aliphatic heterocycles. The molecule has 0 unspecified atom stereocenters. The lowest BCUT2D eigenvalue weighted by Crippen LogP contribution is -2.22. The molecule has 3 heterocycles. The average Bonchev–Trinajstić information content (AvgIpc) is 2.88. The van der Waals surface area contributed by atoms with E-state index < -0.39 is 0 Å². The van der Waals surface area contributed by atoms with Crippen molar-refractivity contribution in [3.8, 4) is 11.8 Å². The van der Waals surface area contributed by atoms with Gasteiger partial charge in [-0.3, -0.25) is 23.6 Å². The number of anilines is 1. The number of hydrogen-bond donors (Lipinski definition) is 0. The van der Waals surface area contributed by atoms with Gasteiger partial charge in [-0.1, -0.05) is 5.92 Å². The van der Waals surface area contributed by atoms with Crippen LogP contribution in [-0.4, -0.2) is 32.1 Å². The van der Waals surface area contributed by atoms with E-state index in [-0.39, 0.29) is 23.5 Å². The van der Waals surface area contributed by atoms with Crippen molar-refractivity contribution in [3.05, 3.63) is 15.1 Å². The summed E-state index contributed by atoms with van der Waals surface area (Å²) in [4.78, 5) is 34.0. The fourth-order valence-electron chi connectivity index (χ4n) is 2.10. The summed E-state index contributed by atoms with van der Waals surface area (Å²) in [6, 6.07) is 0. The second-order valence-electron chi connectivity index (χ2n) is 4.32. The monoisotopic (exact) mass is 335 g/mol. The number of rotatable bonds is 1. The van der Waals surface area contributed by atoms with Crippen LogP contribution in [0.5, 0.6) is 0 Å². The van der Waals surface area contributed by atoms with E-state index in [0.29, 0.717) is 22.9 Å². The maximum atomic E-state index is 12.4. The molecule has 0 atom stereocenters. The Kier molecular flexibility index (Phi) is 2.87. The SMILES string of the molecule is CC#CCn1c(Br)nc2c(=O)n3c(nc21)N(C)C(=O)C3. The molecule has 0 saturated heterocycles. The van der Waals surface area contributed by atoms with Crippen molar-refractivity contribution in [2.45, 2.75) is 20.0 Å². The molecule has 102 valence electrons. The Hall–Kier alpha value is -2.14. The third-order valence-corrected chi connectivity index (χ3v) is 3.78. The van der Waals surface area contributed by atoms with E-state index >= 15 is 0 Å². The van der Waals surface area contributed by atoms with Gasteiger partial charge in [0.25, 0.3) is 5.56 Å². The van der Waals surface area contributed by atoms with Crippen LogP contribution in [0.2, 0.25) is 0 Å². The first-order chi connectivity index (χ1) is 9.54. The normalized spacial score (nSPS) is 13.6. The number of amides is 1. The minimum absolute atomic E-state index is 0.00680. The highest BCUT2D eigenvalue weighted by Crippen LogP contribution is 2.21. The van der Waals surface area contributed by atoms with Crippen molar-refractivity contribution >= 4 is 38.9 Å². The van der Waals surface area contributed by atoms with Crippen LogP contribution in [0.4, 0.5) is 5.95 Å². The number of likely N-dealkylation sites (N-methyl/N-ethyl adjacent to an activating group) is 1. The molecule has 8 heteroatoms. The van der Waals surface area contributed by atoms with Crippen molar-refractivity contribution in [2.75, 3.05) is 11.9 Å². The molecule has 3 rings (SSSR count). The lowest BCUT2D eigenvalue weighted by Gasteiger charge is -2.08. The highest BCUT2D eigenvalue weighted by Gasteiger charge is 2.29. The zero-order valence-electron chi connectivity index (χ0n) is 10.8. The minimum atomic E-state index is -0.313. The highest BCUT2D eigenvalue weighted by atomic mass is 79.9. The van der Waals surface area contributed by atoms with E-state index in [0.717, 1.165) is 0 Å². The largest absolute Gasteiger partial charge is 0.291 e. The van der Waals surface area contributed by atoms with Gasteiger partial charge >= 0.3 is 0 Å². The van der Waals surface area contributed by atoms with Crippen LogP contribution in [0.3, 0.4) is 0 Å². The summed E-state index contributed by atoms with van der Waals surface area (Å²) in [5, 5.41) is 0. The molecule has 0 saturated carbocycles. The molecule has 0 spiro atoms. The molecule has 0 N–H and O–H groups in total. The maximum Gasteiger partial charge on any atom is 0.283 e. The third-order valence-electron chi connectivity index (χ3n) is 3.17. The van der Waals surface area contributed by atoms with Crippen molar-refractivity contribution in [2.24, 2.45) is 0 Å². The molecule has 0 fully saturated rings. The van der Waals surface area contributed by atoms with Crippen LogP contribution < -0.4 is 10.5 Å². The van der Waals surface area contributed by atoms with Gasteiger partial charge in [-0.25, -0.2) is 4.98 Å². The standard InChI is InChI=1S/C12H10BrN5O2/c1-3-4-5-17-9-8(14-11(17)13)10(20)18-6-7(19)16(2)12(18)15-9/h5-6H2,1-2H3. The number of halogens is 1. The predicted molar refractivity (Wildman–Crippen MR) is 76.3 cm³/mol. The Bertz CT molecular complexity index is 855. The number of carbonyl (C=O) groups excluding carboxylic acids is 1. The van der Waals surface area contributed by atoms with E-state index in [1.165, 1.54) is 9.47 Å². The molecule has 1 amide bonds. The Morgan fingerprint density at radius 1 is 1.35 bits per heavy atom. The molecule has 7 nitrogen and oxygen atoms in total. The van der Waals surface area contributed by atoms with Crippen molar-refractivity contribution in [1.82, 2.24) is 19.1 Å². The van der Waals surface area contributed by atoms with Crippen molar-refractivity contribution < 1.29 is 4.79 Å². The third kappa shape index (κ3) is 1.67. The second kappa shape index (κ2) is 4.45. The van der Waals surface area contributed by atoms with Crippen LogP contribution in [0.1, 0.15) is 6.92 Å². The van der Waals surface area contributed by atoms with Crippen molar-refractivity contribution in [3.63, 3.8) is 0 Å². The van der Waals surface area contributed by atoms with E-state index in [9.17, 15) is 9.59 Å². The number of hydrogen-bond acceptors (Lipinski definition) is 4. The molecular formula is C12H10BrN5O2. The summed E-state index contributed by atoms with van der Waals surface area (Å²) in [5.41, 5.74) is 0.352. The molecule has 20 heavy (non-hydrogen) atoms. The van der Waals surface area contributed by atoms with Gasteiger partial charge in [0.05, 0.1) is 6.54 Å². The molecule has 2 aromatic rings. The number of imidazole rings is 1. The van der Waals surface area contributed by atoms with Gasteiger partial charge in [0.2, 0.25) is 11.9 Å².